The highest BCUT2D eigenvalue weighted by Crippen LogP contribution is 2.33. The van der Waals surface area contributed by atoms with Gasteiger partial charge in [-0.05, 0) is 30.9 Å². The predicted octanol–water partition coefficient (Wildman–Crippen LogP) is 0.178. The monoisotopic (exact) mass is 347 g/mol. The number of rotatable bonds is 6. The lowest BCUT2D eigenvalue weighted by molar-refractivity contribution is -0.497. The molecule has 1 saturated heterocycles. The first-order valence-electron chi connectivity index (χ1n) is 8.38. The molecular weight excluding hydrogens is 326 g/mol. The number of nitro groups is 1. The molecule has 2 atom stereocenters. The van der Waals surface area contributed by atoms with Gasteiger partial charge in [0.2, 0.25) is 11.9 Å². The Kier molecular flexibility index (Phi) is 4.82. The van der Waals surface area contributed by atoms with Crippen LogP contribution in [0.25, 0.3) is 0 Å². The van der Waals surface area contributed by atoms with E-state index in [4.69, 9.17) is 5.73 Å². The summed E-state index contributed by atoms with van der Waals surface area (Å²) in [6.07, 6.45) is 3.67. The quantitative estimate of drug-likeness (QED) is 0.557. The van der Waals surface area contributed by atoms with Crippen LogP contribution in [0.2, 0.25) is 0 Å². The SMILES string of the molecule is NC(=O)c1cccnc1N1CCC(CNC(=O)[C@@H]2C[C@@H]2[N+](=O)[O-])CC1. The number of pyridine rings is 1. The smallest absolute Gasteiger partial charge is 0.252 e. The van der Waals surface area contributed by atoms with E-state index in [2.05, 4.69) is 10.3 Å². The van der Waals surface area contributed by atoms with Gasteiger partial charge >= 0.3 is 0 Å². The van der Waals surface area contributed by atoms with E-state index in [1.165, 1.54) is 0 Å². The van der Waals surface area contributed by atoms with Crippen LogP contribution < -0.4 is 16.0 Å². The zero-order valence-electron chi connectivity index (χ0n) is 13.8. The molecule has 0 bridgehead atoms. The van der Waals surface area contributed by atoms with Crippen LogP contribution in [-0.4, -0.2) is 47.4 Å². The van der Waals surface area contributed by atoms with Gasteiger partial charge in [0.05, 0.1) is 5.56 Å². The van der Waals surface area contributed by atoms with Gasteiger partial charge in [0, 0.05) is 37.2 Å². The maximum Gasteiger partial charge on any atom is 0.252 e. The molecular formula is C16H21N5O4. The molecule has 1 aliphatic carbocycles. The molecule has 134 valence electrons. The Labute approximate surface area is 144 Å². The van der Waals surface area contributed by atoms with E-state index < -0.39 is 17.9 Å². The largest absolute Gasteiger partial charge is 0.365 e. The van der Waals surface area contributed by atoms with Crippen molar-refractivity contribution >= 4 is 17.6 Å². The third kappa shape index (κ3) is 3.86. The van der Waals surface area contributed by atoms with Crippen molar-refractivity contribution in [3.05, 3.63) is 34.0 Å². The number of nitrogens with two attached hydrogens (primary N) is 1. The van der Waals surface area contributed by atoms with E-state index in [0.717, 1.165) is 25.9 Å². The van der Waals surface area contributed by atoms with Gasteiger partial charge in [-0.2, -0.15) is 0 Å². The van der Waals surface area contributed by atoms with E-state index in [-0.39, 0.29) is 10.8 Å². The molecule has 25 heavy (non-hydrogen) atoms. The number of hydrogen-bond acceptors (Lipinski definition) is 6. The first kappa shape index (κ1) is 17.1. The fourth-order valence-corrected chi connectivity index (χ4v) is 3.26. The van der Waals surface area contributed by atoms with Crippen molar-refractivity contribution in [1.29, 1.82) is 0 Å². The third-order valence-corrected chi connectivity index (χ3v) is 4.90. The Morgan fingerprint density at radius 2 is 2.12 bits per heavy atom. The lowest BCUT2D eigenvalue weighted by atomic mass is 9.96. The van der Waals surface area contributed by atoms with Crippen LogP contribution in [0.15, 0.2) is 18.3 Å². The number of piperidine rings is 1. The Morgan fingerprint density at radius 1 is 1.40 bits per heavy atom. The molecule has 3 N–H and O–H groups in total. The van der Waals surface area contributed by atoms with Crippen LogP contribution in [0.3, 0.4) is 0 Å². The highest BCUT2D eigenvalue weighted by molar-refractivity contribution is 5.97. The van der Waals surface area contributed by atoms with Crippen LogP contribution >= 0.6 is 0 Å². The Hall–Kier alpha value is -2.71. The van der Waals surface area contributed by atoms with E-state index in [9.17, 15) is 19.7 Å². The Morgan fingerprint density at radius 3 is 2.72 bits per heavy atom. The van der Waals surface area contributed by atoms with Crippen LogP contribution in [0.4, 0.5) is 5.82 Å². The number of aromatic nitrogens is 1. The summed E-state index contributed by atoms with van der Waals surface area (Å²) in [7, 11) is 0. The second-order valence-electron chi connectivity index (χ2n) is 6.61. The van der Waals surface area contributed by atoms with Crippen molar-refractivity contribution in [3.63, 3.8) is 0 Å². The molecule has 3 rings (SSSR count). The van der Waals surface area contributed by atoms with Gasteiger partial charge in [0.25, 0.3) is 5.91 Å². The summed E-state index contributed by atoms with van der Waals surface area (Å²) < 4.78 is 0. The van der Waals surface area contributed by atoms with Gasteiger partial charge in [-0.25, -0.2) is 4.98 Å². The summed E-state index contributed by atoms with van der Waals surface area (Å²) in [6.45, 7) is 1.97. The third-order valence-electron chi connectivity index (χ3n) is 4.90. The second kappa shape index (κ2) is 7.04. The van der Waals surface area contributed by atoms with Crippen molar-refractivity contribution in [3.8, 4) is 0 Å². The van der Waals surface area contributed by atoms with E-state index in [0.29, 0.717) is 30.3 Å². The molecule has 9 heteroatoms. The zero-order chi connectivity index (χ0) is 18.0. The summed E-state index contributed by atoms with van der Waals surface area (Å²) in [5.41, 5.74) is 5.81. The second-order valence-corrected chi connectivity index (χ2v) is 6.61. The predicted molar refractivity (Wildman–Crippen MR) is 89.6 cm³/mol. The molecule has 9 nitrogen and oxygen atoms in total. The lowest BCUT2D eigenvalue weighted by Crippen LogP contribution is -2.40. The molecule has 1 aromatic heterocycles. The number of nitrogens with zero attached hydrogens (tertiary/aromatic N) is 3. The maximum absolute atomic E-state index is 11.9. The summed E-state index contributed by atoms with van der Waals surface area (Å²) in [5.74, 6) is -0.271. The molecule has 1 saturated carbocycles. The summed E-state index contributed by atoms with van der Waals surface area (Å²) in [6, 6.07) is 2.64. The average Bonchev–Trinajstić information content (AvgIpc) is 3.41. The number of primary amides is 1. The molecule has 0 aromatic carbocycles. The molecule has 2 heterocycles. The maximum atomic E-state index is 11.9. The minimum atomic E-state index is -0.710. The first-order valence-corrected chi connectivity index (χ1v) is 8.38. The number of hydrogen-bond donors (Lipinski definition) is 2. The van der Waals surface area contributed by atoms with Crippen molar-refractivity contribution in [1.82, 2.24) is 10.3 Å². The van der Waals surface area contributed by atoms with Crippen LogP contribution in [0.5, 0.6) is 0 Å². The first-order chi connectivity index (χ1) is 12.0. The van der Waals surface area contributed by atoms with Crippen LogP contribution in [0.1, 0.15) is 29.6 Å². The Bertz CT molecular complexity index is 687. The van der Waals surface area contributed by atoms with Gasteiger partial charge in [-0.15, -0.1) is 0 Å². The standard InChI is InChI=1S/C16H21N5O4/c17-14(22)11-2-1-5-18-15(11)20-6-3-10(4-7-20)9-19-16(23)12-8-13(12)21(24)25/h1-2,5,10,12-13H,3-4,6-9H2,(H2,17,22)(H,19,23)/t12-,13+/m1/s1. The van der Waals surface area contributed by atoms with Gasteiger partial charge < -0.3 is 16.0 Å². The number of carbonyl (C=O) groups is 2. The molecule has 2 amide bonds. The number of anilines is 1. The zero-order valence-corrected chi connectivity index (χ0v) is 13.8. The number of carbonyl (C=O) groups excluding carboxylic acids is 2. The fourth-order valence-electron chi connectivity index (χ4n) is 3.26. The lowest BCUT2D eigenvalue weighted by Gasteiger charge is -2.33. The van der Waals surface area contributed by atoms with Gasteiger partial charge in [0.15, 0.2) is 0 Å². The molecule has 2 fully saturated rings. The molecule has 1 aliphatic heterocycles. The van der Waals surface area contributed by atoms with Gasteiger partial charge in [0.1, 0.15) is 11.7 Å². The normalized spacial score (nSPS) is 23.1. The van der Waals surface area contributed by atoms with E-state index >= 15 is 0 Å². The molecule has 2 aliphatic rings. The topological polar surface area (TPSA) is 131 Å². The summed E-state index contributed by atoms with van der Waals surface area (Å²) >= 11 is 0. The minimum absolute atomic E-state index is 0.218. The van der Waals surface area contributed by atoms with Crippen LogP contribution in [-0.2, 0) is 4.79 Å². The van der Waals surface area contributed by atoms with Gasteiger partial charge in [-0.1, -0.05) is 0 Å². The molecule has 1 aromatic rings. The van der Waals surface area contributed by atoms with E-state index in [1.807, 2.05) is 4.90 Å². The van der Waals surface area contributed by atoms with Crippen molar-refractivity contribution in [2.75, 3.05) is 24.5 Å². The average molecular weight is 347 g/mol. The highest BCUT2D eigenvalue weighted by atomic mass is 16.6. The number of nitrogens with one attached hydrogen (secondary N) is 1. The van der Waals surface area contributed by atoms with E-state index in [1.54, 1.807) is 18.3 Å². The molecule has 0 unspecified atom stereocenters. The van der Waals surface area contributed by atoms with Gasteiger partial charge in [-0.3, -0.25) is 19.7 Å². The molecule has 0 spiro atoms. The fraction of sp³-hybridized carbons (Fsp3) is 0.562. The summed E-state index contributed by atoms with van der Waals surface area (Å²) in [4.78, 5) is 39.9. The molecule has 0 radical (unpaired) electrons. The van der Waals surface area contributed by atoms with Crippen molar-refractivity contribution < 1.29 is 14.5 Å². The van der Waals surface area contributed by atoms with Crippen molar-refractivity contribution in [2.24, 2.45) is 17.6 Å². The minimum Gasteiger partial charge on any atom is -0.365 e. The number of amides is 2. The Balaban J connectivity index is 1.47. The van der Waals surface area contributed by atoms with Crippen molar-refractivity contribution in [2.45, 2.75) is 25.3 Å². The summed E-state index contributed by atoms with van der Waals surface area (Å²) in [5, 5.41) is 13.4. The highest BCUT2D eigenvalue weighted by Gasteiger charge is 2.53. The van der Waals surface area contributed by atoms with Crippen LogP contribution in [0, 0.1) is 22.0 Å².